The molecule has 18 heavy (non-hydrogen) atoms. The van der Waals surface area contributed by atoms with E-state index in [0.29, 0.717) is 23.3 Å². The molecule has 0 aromatic carbocycles. The van der Waals surface area contributed by atoms with Gasteiger partial charge < -0.3 is 22.9 Å². The number of nitrogens with two attached hydrogens (primary N) is 4. The van der Waals surface area contributed by atoms with E-state index in [2.05, 4.69) is 9.97 Å². The zero-order valence-electron chi connectivity index (χ0n) is 9.67. The Morgan fingerprint density at radius 1 is 0.611 bits per heavy atom. The molecule has 0 atom stereocenters. The van der Waals surface area contributed by atoms with Gasteiger partial charge in [0.05, 0.1) is 0 Å². The SMILES string of the molecule is Nc1cc(/C=C/c2cc(N)nc(N)c2)cc(N)n1. The molecular weight excluding hydrogens is 228 g/mol. The highest BCUT2D eigenvalue weighted by Gasteiger charge is 1.96. The normalized spacial score (nSPS) is 10.9. The summed E-state index contributed by atoms with van der Waals surface area (Å²) in [5.41, 5.74) is 24.1. The van der Waals surface area contributed by atoms with Gasteiger partial charge in [0, 0.05) is 0 Å². The van der Waals surface area contributed by atoms with Crippen molar-refractivity contribution >= 4 is 35.4 Å². The Labute approximate surface area is 104 Å². The molecule has 0 saturated carbocycles. The molecule has 92 valence electrons. The molecule has 0 aliphatic rings. The van der Waals surface area contributed by atoms with Crippen molar-refractivity contribution in [2.45, 2.75) is 0 Å². The van der Waals surface area contributed by atoms with Gasteiger partial charge in [0.15, 0.2) is 0 Å². The van der Waals surface area contributed by atoms with Crippen molar-refractivity contribution < 1.29 is 0 Å². The first-order valence-corrected chi connectivity index (χ1v) is 5.27. The number of pyridine rings is 2. The molecule has 6 heteroatoms. The molecule has 0 spiro atoms. The summed E-state index contributed by atoms with van der Waals surface area (Å²) in [6, 6.07) is 6.89. The third kappa shape index (κ3) is 2.88. The van der Waals surface area contributed by atoms with Crippen LogP contribution >= 0.6 is 0 Å². The molecule has 2 rings (SSSR count). The number of anilines is 4. The van der Waals surface area contributed by atoms with Crippen molar-refractivity contribution in [3.05, 3.63) is 35.4 Å². The van der Waals surface area contributed by atoms with Crippen LogP contribution < -0.4 is 22.9 Å². The van der Waals surface area contributed by atoms with Gasteiger partial charge in [0.1, 0.15) is 23.3 Å². The van der Waals surface area contributed by atoms with Crippen LogP contribution in [0.1, 0.15) is 11.1 Å². The maximum atomic E-state index is 5.60. The van der Waals surface area contributed by atoms with Gasteiger partial charge in [-0.1, -0.05) is 12.2 Å². The van der Waals surface area contributed by atoms with Gasteiger partial charge >= 0.3 is 0 Å². The van der Waals surface area contributed by atoms with Crippen molar-refractivity contribution in [3.63, 3.8) is 0 Å². The van der Waals surface area contributed by atoms with Crippen molar-refractivity contribution in [1.82, 2.24) is 9.97 Å². The number of hydrogen-bond donors (Lipinski definition) is 4. The fraction of sp³-hybridized carbons (Fsp3) is 0. The van der Waals surface area contributed by atoms with Gasteiger partial charge in [-0.25, -0.2) is 9.97 Å². The summed E-state index contributed by atoms with van der Waals surface area (Å²) in [5, 5.41) is 0. The molecule has 2 heterocycles. The minimum atomic E-state index is 0.378. The Morgan fingerprint density at radius 3 is 1.17 bits per heavy atom. The van der Waals surface area contributed by atoms with E-state index in [9.17, 15) is 0 Å². The standard InChI is InChI=1S/C12H14N6/c13-9-3-7(4-10(14)17-9)1-2-8-5-11(15)18-12(16)6-8/h1-6H,(H4,13,14,17)(H4,15,16,18)/b2-1+. The minimum absolute atomic E-state index is 0.378. The molecular formula is C12H14N6. The topological polar surface area (TPSA) is 130 Å². The Bertz CT molecular complexity index is 512. The maximum absolute atomic E-state index is 5.60. The van der Waals surface area contributed by atoms with Crippen LogP contribution in [0.4, 0.5) is 23.3 Å². The second-order valence-corrected chi connectivity index (χ2v) is 3.83. The molecule has 0 radical (unpaired) electrons. The van der Waals surface area contributed by atoms with E-state index in [1.54, 1.807) is 24.3 Å². The minimum Gasteiger partial charge on any atom is -0.384 e. The van der Waals surface area contributed by atoms with Crippen molar-refractivity contribution in [3.8, 4) is 0 Å². The fourth-order valence-corrected chi connectivity index (χ4v) is 1.58. The van der Waals surface area contributed by atoms with Gasteiger partial charge in [-0.3, -0.25) is 0 Å². The molecule has 0 bridgehead atoms. The number of aromatic nitrogens is 2. The van der Waals surface area contributed by atoms with E-state index in [1.807, 2.05) is 12.2 Å². The predicted octanol–water partition coefficient (Wildman–Crippen LogP) is 0.976. The highest BCUT2D eigenvalue weighted by molar-refractivity contribution is 5.73. The third-order valence-electron chi connectivity index (χ3n) is 2.24. The Morgan fingerprint density at radius 2 is 0.889 bits per heavy atom. The van der Waals surface area contributed by atoms with E-state index in [4.69, 9.17) is 22.9 Å². The van der Waals surface area contributed by atoms with E-state index in [0.717, 1.165) is 11.1 Å². The highest BCUT2D eigenvalue weighted by atomic mass is 14.9. The van der Waals surface area contributed by atoms with Gasteiger partial charge in [-0.05, 0) is 35.4 Å². The molecule has 2 aromatic heterocycles. The second-order valence-electron chi connectivity index (χ2n) is 3.83. The van der Waals surface area contributed by atoms with Crippen molar-refractivity contribution in [2.24, 2.45) is 0 Å². The van der Waals surface area contributed by atoms with Gasteiger partial charge in [0.25, 0.3) is 0 Å². The monoisotopic (exact) mass is 242 g/mol. The van der Waals surface area contributed by atoms with Gasteiger partial charge in [0.2, 0.25) is 0 Å². The third-order valence-corrected chi connectivity index (χ3v) is 2.24. The van der Waals surface area contributed by atoms with E-state index in [-0.39, 0.29) is 0 Å². The summed E-state index contributed by atoms with van der Waals surface area (Å²) >= 11 is 0. The summed E-state index contributed by atoms with van der Waals surface area (Å²) in [6.07, 6.45) is 3.70. The second kappa shape index (κ2) is 4.62. The number of nitrogen functional groups attached to an aromatic ring is 4. The average molecular weight is 242 g/mol. The quantitative estimate of drug-likeness (QED) is 0.621. The summed E-state index contributed by atoms with van der Waals surface area (Å²) in [4.78, 5) is 7.78. The first-order valence-electron chi connectivity index (χ1n) is 5.27. The molecule has 0 fully saturated rings. The predicted molar refractivity (Wildman–Crippen MR) is 75.1 cm³/mol. The summed E-state index contributed by atoms with van der Waals surface area (Å²) in [5.74, 6) is 1.51. The average Bonchev–Trinajstić information content (AvgIpc) is 2.23. The highest BCUT2D eigenvalue weighted by Crippen LogP contribution is 2.15. The van der Waals surface area contributed by atoms with Crippen molar-refractivity contribution in [2.75, 3.05) is 22.9 Å². The maximum Gasteiger partial charge on any atom is 0.126 e. The Balaban J connectivity index is 2.29. The van der Waals surface area contributed by atoms with Crippen LogP contribution in [0.2, 0.25) is 0 Å². The smallest absolute Gasteiger partial charge is 0.126 e. The number of rotatable bonds is 2. The molecule has 0 saturated heterocycles. The molecule has 0 unspecified atom stereocenters. The van der Waals surface area contributed by atoms with Crippen LogP contribution in [0.25, 0.3) is 12.2 Å². The van der Waals surface area contributed by atoms with Crippen LogP contribution in [0.5, 0.6) is 0 Å². The first kappa shape index (κ1) is 11.7. The van der Waals surface area contributed by atoms with Crippen LogP contribution in [0, 0.1) is 0 Å². The van der Waals surface area contributed by atoms with E-state index >= 15 is 0 Å². The summed E-state index contributed by atoms with van der Waals surface area (Å²) < 4.78 is 0. The zero-order valence-corrected chi connectivity index (χ0v) is 9.67. The van der Waals surface area contributed by atoms with Gasteiger partial charge in [-0.15, -0.1) is 0 Å². The molecule has 0 aliphatic carbocycles. The Kier molecular flexibility index (Phi) is 3.01. The lowest BCUT2D eigenvalue weighted by Gasteiger charge is -2.00. The molecule has 0 amide bonds. The molecule has 8 N–H and O–H groups in total. The molecule has 0 aliphatic heterocycles. The summed E-state index contributed by atoms with van der Waals surface area (Å²) in [7, 11) is 0. The van der Waals surface area contributed by atoms with Gasteiger partial charge in [-0.2, -0.15) is 0 Å². The first-order chi connectivity index (χ1) is 8.52. The van der Waals surface area contributed by atoms with Crippen LogP contribution in [-0.4, -0.2) is 9.97 Å². The Hall–Kier alpha value is -2.76. The molecule has 2 aromatic rings. The lowest BCUT2D eigenvalue weighted by molar-refractivity contribution is 1.33. The lowest BCUT2D eigenvalue weighted by Crippen LogP contribution is -1.97. The van der Waals surface area contributed by atoms with Crippen LogP contribution in [-0.2, 0) is 0 Å². The van der Waals surface area contributed by atoms with E-state index in [1.165, 1.54) is 0 Å². The molecule has 6 nitrogen and oxygen atoms in total. The lowest BCUT2D eigenvalue weighted by atomic mass is 10.1. The van der Waals surface area contributed by atoms with Crippen LogP contribution in [0.15, 0.2) is 24.3 Å². The van der Waals surface area contributed by atoms with Crippen molar-refractivity contribution in [1.29, 1.82) is 0 Å². The van der Waals surface area contributed by atoms with E-state index < -0.39 is 0 Å². The largest absolute Gasteiger partial charge is 0.384 e. The van der Waals surface area contributed by atoms with Crippen LogP contribution in [0.3, 0.4) is 0 Å². The summed E-state index contributed by atoms with van der Waals surface area (Å²) in [6.45, 7) is 0. The fourth-order valence-electron chi connectivity index (χ4n) is 1.58. The number of hydrogen-bond acceptors (Lipinski definition) is 6. The zero-order chi connectivity index (χ0) is 13.1. The number of nitrogens with zero attached hydrogens (tertiary/aromatic N) is 2.